The van der Waals surface area contributed by atoms with Gasteiger partial charge in [0.05, 0.1) is 11.1 Å². The Kier molecular flexibility index (Phi) is 8.61. The summed E-state index contributed by atoms with van der Waals surface area (Å²) in [6.07, 6.45) is 6.25. The van der Waals surface area contributed by atoms with Crippen LogP contribution in [-0.2, 0) is 12.8 Å². The molecule has 4 heteroatoms. The van der Waals surface area contributed by atoms with Crippen LogP contribution in [0.25, 0.3) is 0 Å². The third-order valence-corrected chi connectivity index (χ3v) is 5.28. The molecule has 0 saturated carbocycles. The van der Waals surface area contributed by atoms with Crippen LogP contribution in [0.2, 0.25) is 0 Å². The summed E-state index contributed by atoms with van der Waals surface area (Å²) < 4.78 is 11.1. The number of carbonyl (C=O) groups excluding carboxylic acids is 2. The Bertz CT molecular complexity index is 1020. The van der Waals surface area contributed by atoms with Gasteiger partial charge >= 0.3 is 11.9 Å². The van der Waals surface area contributed by atoms with Gasteiger partial charge in [0.2, 0.25) is 0 Å². The number of hydrogen-bond donors (Lipinski definition) is 0. The lowest BCUT2D eigenvalue weighted by Gasteiger charge is -2.10. The Labute approximate surface area is 190 Å². The van der Waals surface area contributed by atoms with E-state index in [0.717, 1.165) is 44.1 Å². The molecule has 0 aliphatic heterocycles. The molecule has 166 valence electrons. The van der Waals surface area contributed by atoms with Crippen LogP contribution in [0.3, 0.4) is 0 Å². The molecule has 4 nitrogen and oxygen atoms in total. The first-order valence-electron chi connectivity index (χ1n) is 11.3. The van der Waals surface area contributed by atoms with E-state index in [1.165, 1.54) is 5.56 Å². The first kappa shape index (κ1) is 23.3. The fourth-order valence-electron chi connectivity index (χ4n) is 3.35. The van der Waals surface area contributed by atoms with Gasteiger partial charge in [-0.1, -0.05) is 57.0 Å². The second kappa shape index (κ2) is 11.8. The number of ether oxygens (including phenoxy) is 2. The van der Waals surface area contributed by atoms with Crippen LogP contribution in [0.15, 0.2) is 72.8 Å². The first-order valence-corrected chi connectivity index (χ1v) is 11.3. The van der Waals surface area contributed by atoms with E-state index in [4.69, 9.17) is 9.47 Å². The highest BCUT2D eigenvalue weighted by atomic mass is 16.5. The zero-order valence-corrected chi connectivity index (χ0v) is 18.8. The van der Waals surface area contributed by atoms with Crippen molar-refractivity contribution in [2.45, 2.75) is 52.4 Å². The summed E-state index contributed by atoms with van der Waals surface area (Å²) in [5.74, 6) is 0.107. The maximum atomic E-state index is 12.6. The number of benzene rings is 3. The molecule has 0 amide bonds. The Balaban J connectivity index is 1.60. The quantitative estimate of drug-likeness (QED) is 0.262. The lowest BCUT2D eigenvalue weighted by Crippen LogP contribution is -2.11. The highest BCUT2D eigenvalue weighted by molar-refractivity contribution is 5.92. The van der Waals surface area contributed by atoms with Crippen molar-refractivity contribution >= 4 is 11.9 Å². The normalized spacial score (nSPS) is 10.6. The predicted octanol–water partition coefficient (Wildman–Crippen LogP) is 6.81. The van der Waals surface area contributed by atoms with Gasteiger partial charge in [-0.05, 0) is 79.3 Å². The molecule has 0 N–H and O–H groups in total. The number of esters is 2. The highest BCUT2D eigenvalue weighted by Gasteiger charge is 2.13. The van der Waals surface area contributed by atoms with E-state index in [0.29, 0.717) is 22.6 Å². The molecule has 0 aliphatic carbocycles. The monoisotopic (exact) mass is 430 g/mol. The molecule has 0 spiro atoms. The van der Waals surface area contributed by atoms with Crippen molar-refractivity contribution in [3.63, 3.8) is 0 Å². The molecule has 0 fully saturated rings. The van der Waals surface area contributed by atoms with Gasteiger partial charge in [0.25, 0.3) is 0 Å². The topological polar surface area (TPSA) is 52.6 Å². The second-order valence-electron chi connectivity index (χ2n) is 7.82. The van der Waals surface area contributed by atoms with Gasteiger partial charge in [-0.3, -0.25) is 0 Å². The number of carbonyl (C=O) groups is 2. The van der Waals surface area contributed by atoms with E-state index in [9.17, 15) is 9.59 Å². The van der Waals surface area contributed by atoms with Crippen molar-refractivity contribution in [3.8, 4) is 11.5 Å². The average Bonchev–Trinajstić information content (AvgIpc) is 2.83. The van der Waals surface area contributed by atoms with Crippen molar-refractivity contribution in [2.24, 2.45) is 0 Å². The zero-order valence-electron chi connectivity index (χ0n) is 18.8. The van der Waals surface area contributed by atoms with Crippen molar-refractivity contribution in [1.29, 1.82) is 0 Å². The van der Waals surface area contributed by atoms with Crippen molar-refractivity contribution in [2.75, 3.05) is 0 Å². The summed E-state index contributed by atoms with van der Waals surface area (Å²) in [5.41, 5.74) is 3.13. The second-order valence-corrected chi connectivity index (χ2v) is 7.82. The van der Waals surface area contributed by atoms with Gasteiger partial charge in [0.1, 0.15) is 11.5 Å². The molecule has 0 unspecified atom stereocenters. The largest absolute Gasteiger partial charge is 0.423 e. The molecule has 0 aliphatic rings. The van der Waals surface area contributed by atoms with Crippen molar-refractivity contribution < 1.29 is 19.1 Å². The standard InChI is InChI=1S/C28H30O4/c1-3-5-9-21-13-15-23(16-14-21)27(29)31-25-19-17-24(18-20-25)28(30)32-26-12-8-7-11-22(26)10-6-4-2/h7-8,11-20H,3-6,9-10H2,1-2H3. The smallest absolute Gasteiger partial charge is 0.343 e. The molecule has 3 aromatic carbocycles. The Morgan fingerprint density at radius 2 is 1.22 bits per heavy atom. The van der Waals surface area contributed by atoms with E-state index in [-0.39, 0.29) is 0 Å². The van der Waals surface area contributed by atoms with E-state index < -0.39 is 11.9 Å². The van der Waals surface area contributed by atoms with Crippen LogP contribution < -0.4 is 9.47 Å². The predicted molar refractivity (Wildman–Crippen MR) is 126 cm³/mol. The minimum Gasteiger partial charge on any atom is -0.423 e. The summed E-state index contributed by atoms with van der Waals surface area (Å²) in [5, 5.41) is 0. The highest BCUT2D eigenvalue weighted by Crippen LogP contribution is 2.22. The molecule has 0 heterocycles. The summed E-state index contributed by atoms with van der Waals surface area (Å²) in [6, 6.07) is 21.5. The minimum atomic E-state index is -0.436. The van der Waals surface area contributed by atoms with Gasteiger partial charge in [-0.15, -0.1) is 0 Å². The van der Waals surface area contributed by atoms with E-state index in [2.05, 4.69) is 13.8 Å². The molecular weight excluding hydrogens is 400 g/mol. The molecule has 0 atom stereocenters. The zero-order chi connectivity index (χ0) is 22.8. The number of aryl methyl sites for hydroxylation is 2. The van der Waals surface area contributed by atoms with Crippen LogP contribution in [0.1, 0.15) is 71.4 Å². The third kappa shape index (κ3) is 6.55. The lowest BCUT2D eigenvalue weighted by molar-refractivity contribution is 0.0729. The summed E-state index contributed by atoms with van der Waals surface area (Å²) >= 11 is 0. The van der Waals surface area contributed by atoms with Gasteiger partial charge in [-0.25, -0.2) is 9.59 Å². The molecule has 0 radical (unpaired) electrons. The first-order chi connectivity index (χ1) is 15.6. The third-order valence-electron chi connectivity index (χ3n) is 5.28. The maximum absolute atomic E-state index is 12.6. The Morgan fingerprint density at radius 1 is 0.656 bits per heavy atom. The van der Waals surface area contributed by atoms with Crippen LogP contribution in [0.4, 0.5) is 0 Å². The van der Waals surface area contributed by atoms with Gasteiger partial charge in [-0.2, -0.15) is 0 Å². The molecule has 3 rings (SSSR count). The van der Waals surface area contributed by atoms with Gasteiger partial charge < -0.3 is 9.47 Å². The van der Waals surface area contributed by atoms with Crippen molar-refractivity contribution in [1.82, 2.24) is 0 Å². The number of rotatable bonds is 10. The SMILES string of the molecule is CCCCc1ccc(C(=O)Oc2ccc(C(=O)Oc3ccccc3CCCC)cc2)cc1. The van der Waals surface area contributed by atoms with Crippen LogP contribution >= 0.6 is 0 Å². The average molecular weight is 431 g/mol. The van der Waals surface area contributed by atoms with Gasteiger partial charge in [0, 0.05) is 0 Å². The van der Waals surface area contributed by atoms with Crippen LogP contribution in [0.5, 0.6) is 11.5 Å². The Hall–Kier alpha value is -3.40. The summed E-state index contributed by atoms with van der Waals surface area (Å²) in [6.45, 7) is 4.29. The lowest BCUT2D eigenvalue weighted by atomic mass is 10.1. The van der Waals surface area contributed by atoms with Crippen LogP contribution in [-0.4, -0.2) is 11.9 Å². The maximum Gasteiger partial charge on any atom is 0.343 e. The molecule has 0 aromatic heterocycles. The molecular formula is C28H30O4. The minimum absolute atomic E-state index is 0.380. The number of unbranched alkanes of at least 4 members (excludes halogenated alkanes) is 2. The van der Waals surface area contributed by atoms with Crippen LogP contribution in [0, 0.1) is 0 Å². The molecule has 32 heavy (non-hydrogen) atoms. The molecule has 0 saturated heterocycles. The summed E-state index contributed by atoms with van der Waals surface area (Å²) in [4.78, 5) is 25.0. The fourth-order valence-corrected chi connectivity index (χ4v) is 3.35. The van der Waals surface area contributed by atoms with Crippen molar-refractivity contribution in [3.05, 3.63) is 95.1 Å². The van der Waals surface area contributed by atoms with E-state index in [1.807, 2.05) is 36.4 Å². The molecule has 3 aromatic rings. The summed E-state index contributed by atoms with van der Waals surface area (Å²) in [7, 11) is 0. The fraction of sp³-hybridized carbons (Fsp3) is 0.286. The number of hydrogen-bond acceptors (Lipinski definition) is 4. The Morgan fingerprint density at radius 3 is 1.88 bits per heavy atom. The van der Waals surface area contributed by atoms with E-state index in [1.54, 1.807) is 36.4 Å². The molecule has 0 bridgehead atoms. The number of para-hydroxylation sites is 1. The van der Waals surface area contributed by atoms with E-state index >= 15 is 0 Å². The van der Waals surface area contributed by atoms with Gasteiger partial charge in [0.15, 0.2) is 0 Å².